The van der Waals surface area contributed by atoms with E-state index in [4.69, 9.17) is 10.5 Å². The molecule has 3 heterocycles. The third kappa shape index (κ3) is 4.33. The zero-order chi connectivity index (χ0) is 20.4. The highest BCUT2D eigenvalue weighted by molar-refractivity contribution is 6.01. The van der Waals surface area contributed by atoms with Gasteiger partial charge in [-0.05, 0) is 25.1 Å². The Balaban J connectivity index is 1.45. The maximum Gasteiger partial charge on any atom is 0.320 e. The summed E-state index contributed by atoms with van der Waals surface area (Å²) in [5, 5.41) is 0. The van der Waals surface area contributed by atoms with Crippen molar-refractivity contribution in [2.75, 3.05) is 50.5 Å². The molecule has 2 aliphatic heterocycles. The van der Waals surface area contributed by atoms with Crippen molar-refractivity contribution in [3.05, 3.63) is 41.0 Å². The molecule has 1 aromatic carbocycles. The molecule has 29 heavy (non-hydrogen) atoms. The number of likely N-dealkylation sites (N-methyl/N-ethyl adjacent to an activating group) is 1. The van der Waals surface area contributed by atoms with Crippen molar-refractivity contribution >= 4 is 17.5 Å². The van der Waals surface area contributed by atoms with Gasteiger partial charge in [-0.15, -0.1) is 0 Å². The van der Waals surface area contributed by atoms with Crippen LogP contribution in [0.15, 0.2) is 24.3 Å². The predicted octanol–water partition coefficient (Wildman–Crippen LogP) is 1.29. The van der Waals surface area contributed by atoms with Crippen molar-refractivity contribution in [1.29, 1.82) is 0 Å². The summed E-state index contributed by atoms with van der Waals surface area (Å²) in [4.78, 5) is 27.6. The third-order valence-corrected chi connectivity index (χ3v) is 5.52. The van der Waals surface area contributed by atoms with Crippen molar-refractivity contribution in [2.24, 2.45) is 0 Å². The number of nitrogen functional groups attached to an aromatic ring is 1. The molecule has 154 valence electrons. The molecule has 0 saturated carbocycles. The second kappa shape index (κ2) is 8.34. The average Bonchev–Trinajstić information content (AvgIpc) is 3.02. The highest BCUT2D eigenvalue weighted by Crippen LogP contribution is 2.33. The topological polar surface area (TPSA) is 87.8 Å². The number of hydrogen-bond acceptors (Lipinski definition) is 7. The van der Waals surface area contributed by atoms with E-state index in [2.05, 4.69) is 51.1 Å². The van der Waals surface area contributed by atoms with Crippen LogP contribution >= 0.6 is 0 Å². The summed E-state index contributed by atoms with van der Waals surface area (Å²) < 4.78 is 5.39. The van der Waals surface area contributed by atoms with E-state index < -0.39 is 0 Å². The van der Waals surface area contributed by atoms with Crippen LogP contribution in [0.5, 0.6) is 6.01 Å². The number of ether oxygens (including phenoxy) is 1. The molecule has 2 aromatic rings. The molecular formula is C21H28N6O2. The van der Waals surface area contributed by atoms with E-state index in [0.29, 0.717) is 30.4 Å². The standard InChI is InChI=1S/C21H28N6O2/c1-3-29-21-23-19(22)17-12-18(28)27(20(17)24-21)14-16-6-4-15(5-7-16)13-26-10-8-25(2)9-11-26/h4-7H,3,8-14H2,1-2H3,(H2,22,23,24). The van der Waals surface area contributed by atoms with E-state index in [9.17, 15) is 4.79 Å². The Morgan fingerprint density at radius 3 is 2.34 bits per heavy atom. The minimum Gasteiger partial charge on any atom is -0.464 e. The Labute approximate surface area is 171 Å². The number of anilines is 2. The molecule has 1 amide bonds. The van der Waals surface area contributed by atoms with Gasteiger partial charge >= 0.3 is 6.01 Å². The molecule has 0 atom stereocenters. The number of fused-ring (bicyclic) bond motifs is 1. The fourth-order valence-corrected chi connectivity index (χ4v) is 3.78. The van der Waals surface area contributed by atoms with Crippen molar-refractivity contribution in [3.8, 4) is 6.01 Å². The third-order valence-electron chi connectivity index (χ3n) is 5.52. The molecule has 1 aromatic heterocycles. The Kier molecular flexibility index (Phi) is 5.64. The first-order valence-corrected chi connectivity index (χ1v) is 10.1. The summed E-state index contributed by atoms with van der Waals surface area (Å²) in [6, 6.07) is 8.69. The average molecular weight is 396 g/mol. The SMILES string of the molecule is CCOc1nc(N)c2c(n1)N(Cc1ccc(CN3CCN(C)CC3)cc1)C(=O)C2. The van der Waals surface area contributed by atoms with Gasteiger partial charge in [0.05, 0.1) is 19.6 Å². The molecule has 8 heteroatoms. The predicted molar refractivity (Wildman–Crippen MR) is 112 cm³/mol. The van der Waals surface area contributed by atoms with Gasteiger partial charge in [-0.1, -0.05) is 24.3 Å². The highest BCUT2D eigenvalue weighted by Gasteiger charge is 2.32. The first-order valence-electron chi connectivity index (χ1n) is 10.1. The normalized spacial score (nSPS) is 17.6. The van der Waals surface area contributed by atoms with Crippen molar-refractivity contribution in [3.63, 3.8) is 0 Å². The van der Waals surface area contributed by atoms with E-state index in [-0.39, 0.29) is 18.3 Å². The zero-order valence-electron chi connectivity index (χ0n) is 17.1. The van der Waals surface area contributed by atoms with E-state index in [1.54, 1.807) is 4.90 Å². The molecule has 0 bridgehead atoms. The number of amides is 1. The van der Waals surface area contributed by atoms with Crippen molar-refractivity contribution < 1.29 is 9.53 Å². The Hall–Kier alpha value is -2.71. The lowest BCUT2D eigenvalue weighted by atomic mass is 10.1. The number of benzene rings is 1. The summed E-state index contributed by atoms with van der Waals surface area (Å²) in [6.45, 7) is 8.15. The lowest BCUT2D eigenvalue weighted by Crippen LogP contribution is -2.43. The molecule has 8 nitrogen and oxygen atoms in total. The molecule has 1 fully saturated rings. The van der Waals surface area contributed by atoms with Gasteiger partial charge in [0.25, 0.3) is 0 Å². The largest absolute Gasteiger partial charge is 0.464 e. The summed E-state index contributed by atoms with van der Waals surface area (Å²) in [5.74, 6) is 0.862. The zero-order valence-corrected chi connectivity index (χ0v) is 17.1. The van der Waals surface area contributed by atoms with Gasteiger partial charge in [0, 0.05) is 38.3 Å². The van der Waals surface area contributed by atoms with Gasteiger partial charge in [-0.25, -0.2) is 0 Å². The molecule has 2 N–H and O–H groups in total. The fraction of sp³-hybridized carbons (Fsp3) is 0.476. The summed E-state index contributed by atoms with van der Waals surface area (Å²) in [5.41, 5.74) is 9.05. The Morgan fingerprint density at radius 2 is 1.69 bits per heavy atom. The molecular weight excluding hydrogens is 368 g/mol. The quantitative estimate of drug-likeness (QED) is 0.787. The number of carbonyl (C=O) groups is 1. The van der Waals surface area contributed by atoms with Crippen LogP contribution in [0.3, 0.4) is 0 Å². The number of rotatable bonds is 6. The number of aromatic nitrogens is 2. The van der Waals surface area contributed by atoms with Crippen LogP contribution in [0.1, 0.15) is 23.6 Å². The molecule has 2 aliphatic rings. The monoisotopic (exact) mass is 396 g/mol. The van der Waals surface area contributed by atoms with Crippen LogP contribution in [-0.2, 0) is 24.3 Å². The van der Waals surface area contributed by atoms with Crippen LogP contribution in [0.4, 0.5) is 11.6 Å². The molecule has 1 saturated heterocycles. The lowest BCUT2D eigenvalue weighted by molar-refractivity contribution is -0.117. The minimum atomic E-state index is -0.0174. The first-order chi connectivity index (χ1) is 14.0. The van der Waals surface area contributed by atoms with Gasteiger partial charge < -0.3 is 15.4 Å². The number of nitrogens with two attached hydrogens (primary N) is 1. The Bertz CT molecular complexity index is 877. The van der Waals surface area contributed by atoms with Crippen LogP contribution in [0.25, 0.3) is 0 Å². The van der Waals surface area contributed by atoms with Crippen molar-refractivity contribution in [2.45, 2.75) is 26.4 Å². The smallest absolute Gasteiger partial charge is 0.320 e. The minimum absolute atomic E-state index is 0.0174. The second-order valence-electron chi connectivity index (χ2n) is 7.68. The summed E-state index contributed by atoms with van der Waals surface area (Å²) in [7, 11) is 2.17. The van der Waals surface area contributed by atoms with Crippen molar-refractivity contribution in [1.82, 2.24) is 19.8 Å². The van der Waals surface area contributed by atoms with Crippen LogP contribution in [-0.4, -0.2) is 65.5 Å². The highest BCUT2D eigenvalue weighted by atomic mass is 16.5. The second-order valence-corrected chi connectivity index (χ2v) is 7.68. The molecule has 0 unspecified atom stereocenters. The number of nitrogens with zero attached hydrogens (tertiary/aromatic N) is 5. The number of piperazine rings is 1. The van der Waals surface area contributed by atoms with Crippen LogP contribution in [0, 0.1) is 0 Å². The molecule has 0 spiro atoms. The van der Waals surface area contributed by atoms with Gasteiger partial charge in [-0.2, -0.15) is 9.97 Å². The lowest BCUT2D eigenvalue weighted by Gasteiger charge is -2.32. The Morgan fingerprint density at radius 1 is 1.03 bits per heavy atom. The van der Waals surface area contributed by atoms with E-state index in [1.165, 1.54) is 5.56 Å². The first kappa shape index (κ1) is 19.6. The van der Waals surface area contributed by atoms with Crippen LogP contribution < -0.4 is 15.4 Å². The maximum absolute atomic E-state index is 12.6. The van der Waals surface area contributed by atoms with E-state index in [1.807, 2.05) is 6.92 Å². The molecule has 0 aliphatic carbocycles. The van der Waals surface area contributed by atoms with Crippen LogP contribution in [0.2, 0.25) is 0 Å². The number of carbonyl (C=O) groups excluding carboxylic acids is 1. The number of hydrogen-bond donors (Lipinski definition) is 1. The van der Waals surface area contributed by atoms with Gasteiger partial charge in [0.15, 0.2) is 0 Å². The van der Waals surface area contributed by atoms with E-state index in [0.717, 1.165) is 38.3 Å². The van der Waals surface area contributed by atoms with E-state index >= 15 is 0 Å². The summed E-state index contributed by atoms with van der Waals surface area (Å²) in [6.07, 6.45) is 0.231. The molecule has 4 rings (SSSR count). The maximum atomic E-state index is 12.6. The van der Waals surface area contributed by atoms with Gasteiger partial charge in [0.2, 0.25) is 5.91 Å². The molecule has 0 radical (unpaired) electrons. The van der Waals surface area contributed by atoms with Gasteiger partial charge in [0.1, 0.15) is 11.6 Å². The fourth-order valence-electron chi connectivity index (χ4n) is 3.78. The van der Waals surface area contributed by atoms with Gasteiger partial charge in [-0.3, -0.25) is 14.6 Å². The summed E-state index contributed by atoms with van der Waals surface area (Å²) >= 11 is 0.